The van der Waals surface area contributed by atoms with E-state index in [2.05, 4.69) is 20.6 Å². The summed E-state index contributed by atoms with van der Waals surface area (Å²) in [5.74, 6) is 1.35. The van der Waals surface area contributed by atoms with E-state index in [-0.39, 0.29) is 5.91 Å². The fourth-order valence-electron chi connectivity index (χ4n) is 3.15. The van der Waals surface area contributed by atoms with Crippen LogP contribution in [0.25, 0.3) is 11.0 Å². The minimum absolute atomic E-state index is 0.307. The number of carbonyl (C=O) groups excluding carboxylic acids is 1. The molecule has 8 nitrogen and oxygen atoms in total. The number of pyridine rings is 1. The van der Waals surface area contributed by atoms with Gasteiger partial charge >= 0.3 is 6.18 Å². The van der Waals surface area contributed by atoms with Gasteiger partial charge in [-0.25, -0.2) is 9.97 Å². The quantitative estimate of drug-likeness (QED) is 0.373. The Kier molecular flexibility index (Phi) is 6.12. The number of alkyl halides is 3. The molecule has 1 atom stereocenters. The summed E-state index contributed by atoms with van der Waals surface area (Å²) < 4.78 is 46.0. The molecule has 11 heteroatoms. The molecule has 2 heterocycles. The van der Waals surface area contributed by atoms with Crippen LogP contribution in [-0.2, 0) is 18.0 Å². The van der Waals surface area contributed by atoms with Crippen molar-refractivity contribution in [2.24, 2.45) is 12.8 Å². The van der Waals surface area contributed by atoms with Crippen LogP contribution in [0.15, 0.2) is 60.8 Å². The third-order valence-corrected chi connectivity index (χ3v) is 4.95. The number of ether oxygens (including phenoxy) is 1. The smallest absolute Gasteiger partial charge is 0.416 e. The summed E-state index contributed by atoms with van der Waals surface area (Å²) in [6, 6.07) is 12.6. The lowest BCUT2D eigenvalue weighted by molar-refractivity contribution is -0.137. The maximum absolute atomic E-state index is 12.8. The maximum atomic E-state index is 12.8. The van der Waals surface area contributed by atoms with Gasteiger partial charge in [0, 0.05) is 31.1 Å². The second-order valence-electron chi connectivity index (χ2n) is 7.60. The van der Waals surface area contributed by atoms with E-state index in [0.29, 0.717) is 34.5 Å². The SMILES string of the molecule is C[C@H](N)C(=O)Nc1cc(Oc2ccc3c(c2)nc(Nc2ccc(C(F)(F)F)cc2)n3C)ccn1. The van der Waals surface area contributed by atoms with Crippen LogP contribution in [0.3, 0.4) is 0 Å². The first kappa shape index (κ1) is 23.1. The minimum atomic E-state index is -4.39. The number of imidazole rings is 1. The van der Waals surface area contributed by atoms with E-state index >= 15 is 0 Å². The average Bonchev–Trinajstić information content (AvgIpc) is 3.08. The van der Waals surface area contributed by atoms with Gasteiger partial charge < -0.3 is 25.7 Å². The van der Waals surface area contributed by atoms with Gasteiger partial charge in [-0.1, -0.05) is 0 Å². The number of amides is 1. The number of hydrogen-bond donors (Lipinski definition) is 3. The average molecular weight is 470 g/mol. The molecule has 0 aliphatic carbocycles. The molecular formula is C23H21F3N6O2. The Balaban J connectivity index is 1.52. The second-order valence-corrected chi connectivity index (χ2v) is 7.60. The summed E-state index contributed by atoms with van der Waals surface area (Å²) >= 11 is 0. The Bertz CT molecular complexity index is 1330. The van der Waals surface area contributed by atoms with Gasteiger partial charge in [-0.3, -0.25) is 4.79 Å². The van der Waals surface area contributed by atoms with Crippen LogP contribution in [0, 0.1) is 0 Å². The molecule has 0 bridgehead atoms. The summed E-state index contributed by atoms with van der Waals surface area (Å²) in [6.07, 6.45) is -2.89. The van der Waals surface area contributed by atoms with Crippen LogP contribution in [0.2, 0.25) is 0 Å². The van der Waals surface area contributed by atoms with Gasteiger partial charge in [-0.05, 0) is 49.4 Å². The van der Waals surface area contributed by atoms with Crippen LogP contribution >= 0.6 is 0 Å². The van der Waals surface area contributed by atoms with E-state index in [1.54, 1.807) is 42.8 Å². The van der Waals surface area contributed by atoms with Gasteiger partial charge in [-0.2, -0.15) is 13.2 Å². The van der Waals surface area contributed by atoms with Crippen molar-refractivity contribution < 1.29 is 22.7 Å². The second kappa shape index (κ2) is 9.02. The molecule has 34 heavy (non-hydrogen) atoms. The molecule has 1 amide bonds. The van der Waals surface area contributed by atoms with Crippen molar-refractivity contribution in [3.8, 4) is 11.5 Å². The van der Waals surface area contributed by atoms with E-state index in [0.717, 1.165) is 17.6 Å². The number of aryl methyl sites for hydroxylation is 1. The highest BCUT2D eigenvalue weighted by Gasteiger charge is 2.30. The van der Waals surface area contributed by atoms with E-state index < -0.39 is 17.8 Å². The molecule has 176 valence electrons. The third kappa shape index (κ3) is 5.09. The number of rotatable bonds is 6. The first-order valence-electron chi connectivity index (χ1n) is 10.2. The lowest BCUT2D eigenvalue weighted by Gasteiger charge is -2.10. The summed E-state index contributed by atoms with van der Waals surface area (Å²) in [5, 5.41) is 5.63. The molecule has 0 saturated heterocycles. The number of nitrogens with one attached hydrogen (secondary N) is 2. The molecular weight excluding hydrogens is 449 g/mol. The van der Waals surface area contributed by atoms with Crippen molar-refractivity contribution in [1.29, 1.82) is 0 Å². The number of nitrogens with zero attached hydrogens (tertiary/aromatic N) is 3. The number of aromatic nitrogens is 3. The highest BCUT2D eigenvalue weighted by atomic mass is 19.4. The Morgan fingerprint density at radius 3 is 2.47 bits per heavy atom. The first-order valence-corrected chi connectivity index (χ1v) is 10.2. The lowest BCUT2D eigenvalue weighted by atomic mass is 10.2. The topological polar surface area (TPSA) is 107 Å². The number of fused-ring (bicyclic) bond motifs is 1. The van der Waals surface area contributed by atoms with Gasteiger partial charge in [0.15, 0.2) is 0 Å². The molecule has 0 spiro atoms. The summed E-state index contributed by atoms with van der Waals surface area (Å²) in [4.78, 5) is 20.4. The van der Waals surface area contributed by atoms with Crippen molar-refractivity contribution in [1.82, 2.24) is 14.5 Å². The number of hydrogen-bond acceptors (Lipinski definition) is 6. The molecule has 0 unspecified atom stereocenters. The van der Waals surface area contributed by atoms with Crippen molar-refractivity contribution >= 4 is 34.4 Å². The van der Waals surface area contributed by atoms with Crippen molar-refractivity contribution in [2.75, 3.05) is 10.6 Å². The monoisotopic (exact) mass is 470 g/mol. The molecule has 2 aromatic carbocycles. The Labute approximate surface area is 192 Å². The standard InChI is InChI=1S/C23H21F3N6O2/c1-13(27)21(33)31-20-12-17(9-10-28-20)34-16-7-8-19-18(11-16)30-22(32(19)2)29-15-5-3-14(4-6-15)23(24,25)26/h3-13H,27H2,1-2H3,(H,29,30)(H,28,31,33)/t13-/m0/s1. The molecule has 0 aliphatic heterocycles. The van der Waals surface area contributed by atoms with E-state index in [1.807, 2.05) is 6.07 Å². The molecule has 4 rings (SSSR count). The van der Waals surface area contributed by atoms with Crippen LogP contribution in [0.1, 0.15) is 12.5 Å². The fraction of sp³-hybridized carbons (Fsp3) is 0.174. The predicted molar refractivity (Wildman–Crippen MR) is 122 cm³/mol. The molecule has 0 radical (unpaired) electrons. The normalized spacial score (nSPS) is 12.4. The number of anilines is 3. The fourth-order valence-corrected chi connectivity index (χ4v) is 3.15. The molecule has 0 aliphatic rings. The predicted octanol–water partition coefficient (Wildman–Crippen LogP) is 4.81. The van der Waals surface area contributed by atoms with E-state index in [4.69, 9.17) is 10.5 Å². The summed E-state index contributed by atoms with van der Waals surface area (Å²) in [7, 11) is 1.79. The lowest BCUT2D eigenvalue weighted by Crippen LogP contribution is -2.32. The van der Waals surface area contributed by atoms with Gasteiger partial charge in [0.05, 0.1) is 22.6 Å². The minimum Gasteiger partial charge on any atom is -0.457 e. The van der Waals surface area contributed by atoms with E-state index in [9.17, 15) is 18.0 Å². The molecule has 4 aromatic rings. The summed E-state index contributed by atoms with van der Waals surface area (Å²) in [6.45, 7) is 1.57. The highest BCUT2D eigenvalue weighted by molar-refractivity contribution is 5.93. The third-order valence-electron chi connectivity index (χ3n) is 4.95. The zero-order valence-electron chi connectivity index (χ0n) is 18.2. The Hall–Kier alpha value is -4.12. The van der Waals surface area contributed by atoms with E-state index in [1.165, 1.54) is 18.3 Å². The number of benzene rings is 2. The first-order chi connectivity index (χ1) is 16.1. The Morgan fingerprint density at radius 1 is 1.09 bits per heavy atom. The highest BCUT2D eigenvalue weighted by Crippen LogP contribution is 2.31. The largest absolute Gasteiger partial charge is 0.457 e. The van der Waals surface area contributed by atoms with Gasteiger partial charge in [-0.15, -0.1) is 0 Å². The zero-order chi connectivity index (χ0) is 24.5. The Morgan fingerprint density at radius 2 is 1.79 bits per heavy atom. The molecule has 0 fully saturated rings. The van der Waals surface area contributed by atoms with Crippen LogP contribution in [0.5, 0.6) is 11.5 Å². The van der Waals surface area contributed by atoms with Crippen molar-refractivity contribution in [3.63, 3.8) is 0 Å². The maximum Gasteiger partial charge on any atom is 0.416 e. The van der Waals surface area contributed by atoms with Gasteiger partial charge in [0.2, 0.25) is 11.9 Å². The molecule has 2 aromatic heterocycles. The van der Waals surface area contributed by atoms with Crippen molar-refractivity contribution in [2.45, 2.75) is 19.1 Å². The van der Waals surface area contributed by atoms with Crippen LogP contribution in [-0.4, -0.2) is 26.5 Å². The van der Waals surface area contributed by atoms with Gasteiger partial charge in [0.1, 0.15) is 17.3 Å². The summed E-state index contributed by atoms with van der Waals surface area (Å²) in [5.41, 5.74) is 6.72. The van der Waals surface area contributed by atoms with Crippen molar-refractivity contribution in [3.05, 3.63) is 66.4 Å². The number of halogens is 3. The molecule has 4 N–H and O–H groups in total. The molecule has 0 saturated carbocycles. The zero-order valence-corrected chi connectivity index (χ0v) is 18.2. The number of nitrogens with two attached hydrogens (primary N) is 1. The number of carbonyl (C=O) groups is 1. The van der Waals surface area contributed by atoms with Crippen LogP contribution < -0.4 is 21.1 Å². The van der Waals surface area contributed by atoms with Crippen LogP contribution in [0.4, 0.5) is 30.6 Å². The van der Waals surface area contributed by atoms with Gasteiger partial charge in [0.25, 0.3) is 0 Å².